The van der Waals surface area contributed by atoms with E-state index in [9.17, 15) is 4.79 Å². The molecule has 5 heteroatoms. The Morgan fingerprint density at radius 3 is 2.54 bits per heavy atom. The van der Waals surface area contributed by atoms with Crippen LogP contribution in [0.15, 0.2) is 10.2 Å². The van der Waals surface area contributed by atoms with Crippen LogP contribution in [0, 0.1) is 0 Å². The van der Waals surface area contributed by atoms with Crippen molar-refractivity contribution in [2.24, 2.45) is 0 Å². The van der Waals surface area contributed by atoms with Crippen molar-refractivity contribution in [3.63, 3.8) is 0 Å². The Kier molecular flexibility index (Phi) is 3.43. The molecule has 1 saturated heterocycles. The number of hydrogen-bond acceptors (Lipinski definition) is 3. The normalized spacial score (nSPS) is 36.7. The van der Waals surface area contributed by atoms with Gasteiger partial charge in [-0.3, -0.25) is 4.79 Å². The number of rotatable bonds is 1. The van der Waals surface area contributed by atoms with Crippen molar-refractivity contribution in [2.45, 2.75) is 22.9 Å². The van der Waals surface area contributed by atoms with Crippen molar-refractivity contribution in [1.82, 2.24) is 0 Å². The molecule has 0 bridgehead atoms. The summed E-state index contributed by atoms with van der Waals surface area (Å²) in [6.07, 6.45) is 4.35. The third kappa shape index (κ3) is 1.91. The smallest absolute Gasteiger partial charge is 0.290 e. The van der Waals surface area contributed by atoms with E-state index >= 15 is 0 Å². The number of fused-ring (bicyclic) bond motifs is 1. The van der Waals surface area contributed by atoms with Gasteiger partial charge in [0, 0.05) is 0 Å². The molecule has 0 spiro atoms. The van der Waals surface area contributed by atoms with Crippen LogP contribution in [-0.4, -0.2) is 27.4 Å². The number of carbonyl (C=O) groups is 2. The predicted octanol–water partition coefficient (Wildman–Crippen LogP) is 1.38. The summed E-state index contributed by atoms with van der Waals surface area (Å²) in [5, 5.41) is 6.89. The SMILES string of the molecule is CC1CC2(C=O)C=CI2O1.O=CO. The largest absolute Gasteiger partial charge is 0.483 e. The summed E-state index contributed by atoms with van der Waals surface area (Å²) >= 11 is -1.37. The second-order valence-corrected chi connectivity index (χ2v) is 7.63. The summed E-state index contributed by atoms with van der Waals surface area (Å²) in [7, 11) is 0. The minimum Gasteiger partial charge on any atom is -0.483 e. The molecule has 4 nitrogen and oxygen atoms in total. The fourth-order valence-electron chi connectivity index (χ4n) is 1.30. The zero-order valence-electron chi connectivity index (χ0n) is 7.14. The molecule has 0 amide bonds. The summed E-state index contributed by atoms with van der Waals surface area (Å²) in [6, 6.07) is 0. The topological polar surface area (TPSA) is 63.6 Å². The number of carbonyl (C=O) groups excluding carboxylic acids is 1. The Balaban J connectivity index is 0.000000251. The molecule has 74 valence electrons. The van der Waals surface area contributed by atoms with E-state index in [1.165, 1.54) is 0 Å². The molecule has 0 saturated carbocycles. The van der Waals surface area contributed by atoms with Gasteiger partial charge in [-0.05, 0) is 0 Å². The van der Waals surface area contributed by atoms with Crippen molar-refractivity contribution in [2.75, 3.05) is 0 Å². The van der Waals surface area contributed by atoms with Crippen LogP contribution in [0.4, 0.5) is 0 Å². The fourth-order valence-corrected chi connectivity index (χ4v) is 5.94. The third-order valence-corrected chi connectivity index (χ3v) is 7.31. The van der Waals surface area contributed by atoms with Gasteiger partial charge in [0.05, 0.1) is 0 Å². The average Bonchev–Trinajstić information content (AvgIpc) is 2.29. The zero-order chi connectivity index (χ0) is 9.90. The van der Waals surface area contributed by atoms with Crippen LogP contribution < -0.4 is 0 Å². The standard InChI is InChI=1S/C7H9IO2.CH2O2/c1-6-4-7(5-9)2-3-8(7)10-6;2-1-3/h2-3,5-6H,4H2,1H3;1H,(H,2,3). The Bertz CT molecular complexity index is 240. The quantitative estimate of drug-likeness (QED) is 0.451. The van der Waals surface area contributed by atoms with E-state index in [-0.39, 0.29) is 9.89 Å². The molecule has 2 unspecified atom stereocenters. The first-order chi connectivity index (χ1) is 6.18. The Labute approximate surface area is 83.9 Å². The maximum Gasteiger partial charge on any atom is 0.290 e. The van der Waals surface area contributed by atoms with Gasteiger partial charge in [0.15, 0.2) is 0 Å². The van der Waals surface area contributed by atoms with Crippen molar-refractivity contribution in [3.05, 3.63) is 10.2 Å². The molecule has 1 fully saturated rings. The number of allylic oxidation sites excluding steroid dienone is 1. The molecule has 0 radical (unpaired) electrons. The van der Waals surface area contributed by atoms with E-state index in [1.807, 2.05) is 13.0 Å². The Morgan fingerprint density at radius 1 is 1.69 bits per heavy atom. The molecule has 2 aliphatic heterocycles. The van der Waals surface area contributed by atoms with Gasteiger partial charge >= 0.3 is 67.4 Å². The molecule has 2 heterocycles. The molecular weight excluding hydrogens is 287 g/mol. The molecule has 0 aromatic heterocycles. The van der Waals surface area contributed by atoms with E-state index in [0.29, 0.717) is 6.10 Å². The fraction of sp³-hybridized carbons (Fsp3) is 0.500. The molecule has 2 atom stereocenters. The molecule has 1 N–H and O–H groups in total. The van der Waals surface area contributed by atoms with E-state index < -0.39 is 20.2 Å². The van der Waals surface area contributed by atoms with E-state index in [0.717, 1.165) is 12.7 Å². The van der Waals surface area contributed by atoms with E-state index in [4.69, 9.17) is 13.0 Å². The van der Waals surface area contributed by atoms with Crippen LogP contribution in [0.25, 0.3) is 0 Å². The van der Waals surface area contributed by atoms with Gasteiger partial charge in [-0.25, -0.2) is 0 Å². The number of aldehydes is 1. The molecular formula is C8H11IO4. The predicted molar refractivity (Wildman–Crippen MR) is 55.8 cm³/mol. The van der Waals surface area contributed by atoms with Gasteiger partial charge in [-0.2, -0.15) is 0 Å². The van der Waals surface area contributed by atoms with Crippen molar-refractivity contribution >= 4 is 33.0 Å². The van der Waals surface area contributed by atoms with Gasteiger partial charge in [0.1, 0.15) is 0 Å². The first kappa shape index (κ1) is 10.6. The van der Waals surface area contributed by atoms with Crippen LogP contribution in [-0.2, 0) is 12.7 Å². The Hall–Kier alpha value is -0.430. The van der Waals surface area contributed by atoms with Gasteiger partial charge < -0.3 is 5.11 Å². The monoisotopic (exact) mass is 298 g/mol. The second kappa shape index (κ2) is 4.19. The summed E-state index contributed by atoms with van der Waals surface area (Å²) < 4.78 is 7.63. The van der Waals surface area contributed by atoms with Crippen molar-refractivity contribution < 1.29 is 17.8 Å². The molecule has 2 aliphatic rings. The average molecular weight is 298 g/mol. The summed E-state index contributed by atoms with van der Waals surface area (Å²) in [5.74, 6) is 0. The van der Waals surface area contributed by atoms with E-state index in [1.54, 1.807) is 0 Å². The van der Waals surface area contributed by atoms with E-state index in [2.05, 4.69) is 4.08 Å². The summed E-state index contributed by atoms with van der Waals surface area (Å²) in [5.41, 5.74) is 0. The maximum atomic E-state index is 10.6. The van der Waals surface area contributed by atoms with Crippen LogP contribution in [0.2, 0.25) is 0 Å². The first-order valence-electron chi connectivity index (χ1n) is 3.78. The van der Waals surface area contributed by atoms with Gasteiger partial charge in [-0.1, -0.05) is 0 Å². The number of halogens is 1. The minimum atomic E-state index is -1.37. The number of alkyl halides is 1. The van der Waals surface area contributed by atoms with Gasteiger partial charge in [0.2, 0.25) is 0 Å². The maximum absolute atomic E-state index is 10.6. The van der Waals surface area contributed by atoms with Crippen LogP contribution >= 0.6 is 20.2 Å². The van der Waals surface area contributed by atoms with Crippen LogP contribution in [0.1, 0.15) is 13.3 Å². The summed E-state index contributed by atoms with van der Waals surface area (Å²) in [6.45, 7) is 1.79. The molecule has 0 aliphatic carbocycles. The second-order valence-electron chi connectivity index (χ2n) is 2.82. The van der Waals surface area contributed by atoms with Crippen molar-refractivity contribution in [3.8, 4) is 0 Å². The van der Waals surface area contributed by atoms with Crippen molar-refractivity contribution in [1.29, 1.82) is 0 Å². The van der Waals surface area contributed by atoms with Gasteiger partial charge in [0.25, 0.3) is 6.47 Å². The number of hydrogen-bond donors (Lipinski definition) is 1. The molecule has 2 rings (SSSR count). The third-order valence-electron chi connectivity index (χ3n) is 1.85. The first-order valence-corrected chi connectivity index (χ1v) is 6.98. The molecule has 13 heavy (non-hydrogen) atoms. The van der Waals surface area contributed by atoms with Gasteiger partial charge in [-0.15, -0.1) is 0 Å². The molecule has 0 aromatic carbocycles. The van der Waals surface area contributed by atoms with Crippen LogP contribution in [0.3, 0.4) is 0 Å². The number of carboxylic acid groups (broad SMARTS) is 1. The molecule has 0 aromatic rings. The summed E-state index contributed by atoms with van der Waals surface area (Å²) in [4.78, 5) is 19.0. The minimum absolute atomic E-state index is 0.0800. The Morgan fingerprint density at radius 2 is 2.31 bits per heavy atom. The zero-order valence-corrected chi connectivity index (χ0v) is 9.30. The van der Waals surface area contributed by atoms with Crippen LogP contribution in [0.5, 0.6) is 0 Å².